The standard InChI is InChI=1S/C11H16N2S2/c1-3-8(12-5-1)9-7-15-11(13-9)10-4-2-6-14-10/h7-8,10,12H,1-6H2. The van der Waals surface area contributed by atoms with Gasteiger partial charge >= 0.3 is 0 Å². The van der Waals surface area contributed by atoms with E-state index in [1.165, 1.54) is 42.1 Å². The van der Waals surface area contributed by atoms with Crippen LogP contribution in [0.4, 0.5) is 0 Å². The minimum absolute atomic E-state index is 0.543. The van der Waals surface area contributed by atoms with Crippen LogP contribution >= 0.6 is 23.1 Å². The summed E-state index contributed by atoms with van der Waals surface area (Å²) < 4.78 is 0. The fourth-order valence-corrected chi connectivity index (χ4v) is 4.72. The van der Waals surface area contributed by atoms with Crippen LogP contribution in [-0.4, -0.2) is 17.3 Å². The summed E-state index contributed by atoms with van der Waals surface area (Å²) in [6, 6.07) is 0.543. The highest BCUT2D eigenvalue weighted by molar-refractivity contribution is 7.99. The molecule has 1 N–H and O–H groups in total. The van der Waals surface area contributed by atoms with Crippen molar-refractivity contribution in [2.45, 2.75) is 37.0 Å². The molecule has 1 aromatic heterocycles. The average Bonchev–Trinajstić information content (AvgIpc) is 3.02. The van der Waals surface area contributed by atoms with Gasteiger partial charge in [-0.2, -0.15) is 11.8 Å². The zero-order valence-corrected chi connectivity index (χ0v) is 10.4. The molecule has 0 saturated carbocycles. The molecule has 82 valence electrons. The van der Waals surface area contributed by atoms with Crippen molar-refractivity contribution in [2.24, 2.45) is 0 Å². The first-order valence-electron chi connectivity index (χ1n) is 5.74. The van der Waals surface area contributed by atoms with E-state index in [0.29, 0.717) is 11.3 Å². The zero-order valence-electron chi connectivity index (χ0n) is 8.74. The highest BCUT2D eigenvalue weighted by Crippen LogP contribution is 2.41. The maximum atomic E-state index is 4.81. The maximum absolute atomic E-state index is 4.81. The minimum atomic E-state index is 0.543. The third kappa shape index (κ3) is 2.08. The molecule has 4 heteroatoms. The van der Waals surface area contributed by atoms with E-state index in [1.54, 1.807) is 0 Å². The van der Waals surface area contributed by atoms with Gasteiger partial charge in [0.2, 0.25) is 0 Å². The molecule has 2 unspecified atom stereocenters. The summed E-state index contributed by atoms with van der Waals surface area (Å²) in [5.74, 6) is 1.32. The third-order valence-electron chi connectivity index (χ3n) is 3.16. The van der Waals surface area contributed by atoms with Gasteiger partial charge < -0.3 is 5.32 Å². The normalized spacial score (nSPS) is 31.2. The van der Waals surface area contributed by atoms with Gasteiger partial charge in [-0.3, -0.25) is 0 Å². The van der Waals surface area contributed by atoms with Gasteiger partial charge in [0.25, 0.3) is 0 Å². The van der Waals surface area contributed by atoms with E-state index in [9.17, 15) is 0 Å². The van der Waals surface area contributed by atoms with E-state index >= 15 is 0 Å². The van der Waals surface area contributed by atoms with E-state index in [-0.39, 0.29) is 0 Å². The molecular formula is C11H16N2S2. The third-order valence-corrected chi connectivity index (χ3v) is 5.67. The molecule has 2 saturated heterocycles. The minimum Gasteiger partial charge on any atom is -0.309 e. The van der Waals surface area contributed by atoms with Gasteiger partial charge in [-0.1, -0.05) is 0 Å². The molecule has 0 aliphatic carbocycles. The van der Waals surface area contributed by atoms with E-state index < -0.39 is 0 Å². The molecule has 3 rings (SSSR count). The van der Waals surface area contributed by atoms with Crippen molar-refractivity contribution in [1.82, 2.24) is 10.3 Å². The fourth-order valence-electron chi connectivity index (χ4n) is 2.32. The summed E-state index contributed by atoms with van der Waals surface area (Å²) in [5, 5.41) is 7.84. The Morgan fingerprint density at radius 3 is 3.07 bits per heavy atom. The second-order valence-corrected chi connectivity index (χ2v) is 6.46. The van der Waals surface area contributed by atoms with Crippen LogP contribution in [0.15, 0.2) is 5.38 Å². The van der Waals surface area contributed by atoms with Gasteiger partial charge in [0.15, 0.2) is 0 Å². The number of thiazole rings is 1. The van der Waals surface area contributed by atoms with E-state index in [0.717, 1.165) is 6.54 Å². The molecule has 1 aromatic rings. The topological polar surface area (TPSA) is 24.9 Å². The molecule has 2 fully saturated rings. The molecule has 3 heterocycles. The lowest BCUT2D eigenvalue weighted by molar-refractivity contribution is 0.628. The van der Waals surface area contributed by atoms with Crippen LogP contribution in [0, 0.1) is 0 Å². The number of hydrogen-bond acceptors (Lipinski definition) is 4. The van der Waals surface area contributed by atoms with Crippen molar-refractivity contribution in [1.29, 1.82) is 0 Å². The SMILES string of the molecule is c1sc(C2CCCS2)nc1C1CCCN1. The molecule has 0 aromatic carbocycles. The number of rotatable bonds is 2. The number of aromatic nitrogens is 1. The summed E-state index contributed by atoms with van der Waals surface area (Å²) in [7, 11) is 0. The summed E-state index contributed by atoms with van der Waals surface area (Å²) in [6.07, 6.45) is 5.26. The Morgan fingerprint density at radius 1 is 1.33 bits per heavy atom. The first-order chi connectivity index (χ1) is 7.43. The Balaban J connectivity index is 1.74. The lowest BCUT2D eigenvalue weighted by Gasteiger charge is -2.06. The summed E-state index contributed by atoms with van der Waals surface area (Å²) in [5.41, 5.74) is 1.29. The Kier molecular flexibility index (Phi) is 2.99. The van der Waals surface area contributed by atoms with Gasteiger partial charge in [0, 0.05) is 5.38 Å². The van der Waals surface area contributed by atoms with Crippen molar-refractivity contribution in [3.05, 3.63) is 16.1 Å². The lowest BCUT2D eigenvalue weighted by Crippen LogP contribution is -2.13. The molecule has 2 aliphatic heterocycles. The van der Waals surface area contributed by atoms with E-state index in [1.807, 2.05) is 11.3 Å². The molecular weight excluding hydrogens is 224 g/mol. The second kappa shape index (κ2) is 4.44. The molecule has 15 heavy (non-hydrogen) atoms. The van der Waals surface area contributed by atoms with Gasteiger partial charge in [-0.25, -0.2) is 4.98 Å². The van der Waals surface area contributed by atoms with Crippen LogP contribution in [0.1, 0.15) is 47.7 Å². The van der Waals surface area contributed by atoms with Crippen LogP contribution in [0.25, 0.3) is 0 Å². The summed E-state index contributed by atoms with van der Waals surface area (Å²) in [6.45, 7) is 1.16. The molecule has 2 atom stereocenters. The van der Waals surface area contributed by atoms with Crippen molar-refractivity contribution in [3.63, 3.8) is 0 Å². The Bertz CT molecular complexity index is 295. The second-order valence-electron chi connectivity index (χ2n) is 4.26. The smallest absolute Gasteiger partial charge is 0.106 e. The largest absolute Gasteiger partial charge is 0.309 e. The average molecular weight is 240 g/mol. The quantitative estimate of drug-likeness (QED) is 0.859. The van der Waals surface area contributed by atoms with E-state index in [4.69, 9.17) is 4.98 Å². The highest BCUT2D eigenvalue weighted by Gasteiger charge is 2.24. The molecule has 0 bridgehead atoms. The van der Waals surface area contributed by atoms with Crippen molar-refractivity contribution in [2.75, 3.05) is 12.3 Å². The van der Waals surface area contributed by atoms with Crippen LogP contribution in [0.3, 0.4) is 0 Å². The van der Waals surface area contributed by atoms with Gasteiger partial charge in [-0.05, 0) is 38.0 Å². The number of nitrogens with one attached hydrogen (secondary N) is 1. The highest BCUT2D eigenvalue weighted by atomic mass is 32.2. The Labute approximate surface area is 98.9 Å². The maximum Gasteiger partial charge on any atom is 0.106 e. The van der Waals surface area contributed by atoms with Gasteiger partial charge in [0.1, 0.15) is 5.01 Å². The molecule has 2 nitrogen and oxygen atoms in total. The first-order valence-corrected chi connectivity index (χ1v) is 7.66. The van der Waals surface area contributed by atoms with Crippen LogP contribution < -0.4 is 5.32 Å². The fraction of sp³-hybridized carbons (Fsp3) is 0.727. The molecule has 0 radical (unpaired) electrons. The predicted molar refractivity (Wildman–Crippen MR) is 66.5 cm³/mol. The monoisotopic (exact) mass is 240 g/mol. The molecule has 0 amide bonds. The molecule has 0 spiro atoms. The van der Waals surface area contributed by atoms with E-state index in [2.05, 4.69) is 22.5 Å². The number of nitrogens with zero attached hydrogens (tertiary/aromatic N) is 1. The Hall–Kier alpha value is -0.0600. The van der Waals surface area contributed by atoms with Gasteiger partial charge in [0.05, 0.1) is 17.0 Å². The van der Waals surface area contributed by atoms with Crippen LogP contribution in [0.5, 0.6) is 0 Å². The van der Waals surface area contributed by atoms with Crippen molar-refractivity contribution >= 4 is 23.1 Å². The Morgan fingerprint density at radius 2 is 2.33 bits per heavy atom. The molecule has 2 aliphatic rings. The summed E-state index contributed by atoms with van der Waals surface area (Å²) >= 11 is 3.94. The lowest BCUT2D eigenvalue weighted by atomic mass is 10.2. The van der Waals surface area contributed by atoms with Crippen molar-refractivity contribution < 1.29 is 0 Å². The van der Waals surface area contributed by atoms with Crippen LogP contribution in [0.2, 0.25) is 0 Å². The van der Waals surface area contributed by atoms with Gasteiger partial charge in [-0.15, -0.1) is 11.3 Å². The number of thioether (sulfide) groups is 1. The van der Waals surface area contributed by atoms with Crippen molar-refractivity contribution in [3.8, 4) is 0 Å². The zero-order chi connectivity index (χ0) is 10.1. The predicted octanol–water partition coefficient (Wildman–Crippen LogP) is 3.14. The first kappa shape index (κ1) is 10.1. The number of hydrogen-bond donors (Lipinski definition) is 1. The summed E-state index contributed by atoms with van der Waals surface area (Å²) in [4.78, 5) is 4.81. The van der Waals surface area contributed by atoms with Crippen LogP contribution in [-0.2, 0) is 0 Å².